The number of fused-ring (bicyclic) bond motifs is 4. The molecule has 12 heteroatoms. The summed E-state index contributed by atoms with van der Waals surface area (Å²) in [5, 5.41) is 12.6. The zero-order valence-corrected chi connectivity index (χ0v) is 37.7. The SMILES string of the molecule is CCCCCCCCOCOc1cc2cc3c(c(O)c2c2c1C(=O)N(C)C2)C(=O)C(C(CC(=O)OC(C)(C)C)O[Si](C)(C)C(C)(C)C)=C(COCc1ccccc1)C3=O. The summed E-state index contributed by atoms with van der Waals surface area (Å²) in [6, 6.07) is 12.6. The number of phenolic OH excluding ortho intramolecular Hbond substituents is 1. The number of amides is 1. The lowest BCUT2D eigenvalue weighted by atomic mass is 9.79. The highest BCUT2D eigenvalue weighted by Gasteiger charge is 2.46. The van der Waals surface area contributed by atoms with Crippen molar-refractivity contribution in [3.63, 3.8) is 0 Å². The Labute approximate surface area is 350 Å². The molecule has 0 saturated heterocycles. The van der Waals surface area contributed by atoms with E-state index in [1.54, 1.807) is 40.0 Å². The number of Topliss-reactive ketones (excluding diaryl/α,β-unsaturated/α-hetero) is 2. The van der Waals surface area contributed by atoms with Crippen LogP contribution in [0, 0.1) is 0 Å². The summed E-state index contributed by atoms with van der Waals surface area (Å²) in [5.74, 6) is -2.25. The second kappa shape index (κ2) is 18.9. The lowest BCUT2D eigenvalue weighted by Gasteiger charge is -2.40. The number of hydrogen-bond donors (Lipinski definition) is 1. The smallest absolute Gasteiger partial charge is 0.309 e. The number of carbonyl (C=O) groups excluding carboxylic acids is 4. The maximum Gasteiger partial charge on any atom is 0.309 e. The zero-order valence-electron chi connectivity index (χ0n) is 36.7. The second-order valence-corrected chi connectivity index (χ2v) is 23.0. The molecule has 3 aromatic carbocycles. The van der Waals surface area contributed by atoms with Crippen LogP contribution in [0.4, 0.5) is 0 Å². The summed E-state index contributed by atoms with van der Waals surface area (Å²) in [7, 11) is -1.08. The van der Waals surface area contributed by atoms with Gasteiger partial charge in [0.25, 0.3) is 5.91 Å². The Hall–Kier alpha value is -4.36. The number of hydrogen-bond acceptors (Lipinski definition) is 10. The number of benzene rings is 3. The van der Waals surface area contributed by atoms with Crippen LogP contribution in [0.25, 0.3) is 10.8 Å². The fraction of sp³-hybridized carbons (Fsp3) is 0.532. The van der Waals surface area contributed by atoms with Gasteiger partial charge in [-0.15, -0.1) is 0 Å². The first kappa shape index (κ1) is 45.7. The molecule has 11 nitrogen and oxygen atoms in total. The number of nitrogens with zero attached hydrogens (tertiary/aromatic N) is 1. The molecule has 59 heavy (non-hydrogen) atoms. The van der Waals surface area contributed by atoms with E-state index in [4.69, 9.17) is 23.4 Å². The normalized spacial score (nSPS) is 15.2. The highest BCUT2D eigenvalue weighted by molar-refractivity contribution is 6.74. The van der Waals surface area contributed by atoms with Crippen molar-refractivity contribution in [2.75, 3.05) is 27.1 Å². The van der Waals surface area contributed by atoms with Crippen LogP contribution >= 0.6 is 0 Å². The van der Waals surface area contributed by atoms with E-state index in [9.17, 15) is 19.5 Å². The largest absolute Gasteiger partial charge is 0.506 e. The predicted molar refractivity (Wildman–Crippen MR) is 231 cm³/mol. The van der Waals surface area contributed by atoms with Crippen LogP contribution in [-0.2, 0) is 36.6 Å². The summed E-state index contributed by atoms with van der Waals surface area (Å²) in [6.07, 6.45) is 5.18. The van der Waals surface area contributed by atoms with Gasteiger partial charge in [0.15, 0.2) is 26.7 Å². The number of carbonyl (C=O) groups is 4. The van der Waals surface area contributed by atoms with E-state index in [0.717, 1.165) is 24.8 Å². The zero-order chi connectivity index (χ0) is 43.3. The lowest BCUT2D eigenvalue weighted by Crippen LogP contribution is -2.47. The molecule has 0 fully saturated rings. The van der Waals surface area contributed by atoms with Gasteiger partial charge in [-0.1, -0.05) is 90.1 Å². The van der Waals surface area contributed by atoms with Crippen molar-refractivity contribution in [3.8, 4) is 11.5 Å². The highest BCUT2D eigenvalue weighted by atomic mass is 28.4. The maximum absolute atomic E-state index is 15.2. The third-order valence-electron chi connectivity index (χ3n) is 11.4. The van der Waals surface area contributed by atoms with Crippen LogP contribution in [0.1, 0.15) is 136 Å². The molecular formula is C47H63NO10Si. The van der Waals surface area contributed by atoms with Crippen LogP contribution in [0.2, 0.25) is 18.1 Å². The van der Waals surface area contributed by atoms with Gasteiger partial charge in [0.05, 0.1) is 43.5 Å². The van der Waals surface area contributed by atoms with Crippen molar-refractivity contribution in [2.24, 2.45) is 0 Å². The quantitative estimate of drug-likeness (QED) is 0.0538. The van der Waals surface area contributed by atoms with Gasteiger partial charge in [0, 0.05) is 35.7 Å². The predicted octanol–water partition coefficient (Wildman–Crippen LogP) is 9.86. The van der Waals surface area contributed by atoms with Gasteiger partial charge in [0.1, 0.15) is 17.1 Å². The molecular weight excluding hydrogens is 767 g/mol. The van der Waals surface area contributed by atoms with Gasteiger partial charge >= 0.3 is 5.97 Å². The number of aromatic hydroxyl groups is 1. The Morgan fingerprint density at radius 1 is 0.881 bits per heavy atom. The summed E-state index contributed by atoms with van der Waals surface area (Å²) in [4.78, 5) is 58.7. The number of ether oxygens (including phenoxy) is 4. The van der Waals surface area contributed by atoms with E-state index in [2.05, 4.69) is 6.92 Å². The topological polar surface area (TPSA) is 138 Å². The molecule has 0 aromatic heterocycles. The number of unbranched alkanes of at least 4 members (excludes halogenated alkanes) is 5. The summed E-state index contributed by atoms with van der Waals surface area (Å²) in [6.45, 7) is 18.1. The Bertz CT molecular complexity index is 2080. The number of phenols is 1. The van der Waals surface area contributed by atoms with Crippen LogP contribution < -0.4 is 4.74 Å². The molecule has 0 bridgehead atoms. The number of ketones is 2. The van der Waals surface area contributed by atoms with Crippen LogP contribution in [0.3, 0.4) is 0 Å². The molecule has 1 unspecified atom stereocenters. The molecule has 1 aliphatic heterocycles. The maximum atomic E-state index is 15.2. The lowest BCUT2D eigenvalue weighted by molar-refractivity contribution is -0.156. The minimum atomic E-state index is -2.73. The number of esters is 1. The molecule has 1 aliphatic carbocycles. The Kier molecular flexibility index (Phi) is 14.7. The average Bonchev–Trinajstić information content (AvgIpc) is 3.44. The first-order valence-electron chi connectivity index (χ1n) is 20.9. The van der Waals surface area contributed by atoms with Gasteiger partial charge < -0.3 is 33.4 Å². The standard InChI is InChI=1S/C47H63NO10Si/c1-11-12-13-14-15-19-22-54-29-56-35-24-31-23-32-41(43(51)38(31)33-26-48(8)45(53)40(33)35)44(52)39(34(42(32)50)28-55-27-30-20-17-16-18-21-30)36(25-37(49)57-46(2,3)4)58-59(9,10)47(5,6)7/h16-18,20-21,23-24,36,51H,11-15,19,22,25-29H2,1-10H3. The van der Waals surface area contributed by atoms with E-state index in [1.165, 1.54) is 24.2 Å². The van der Waals surface area contributed by atoms with Gasteiger partial charge in [-0.3, -0.25) is 19.2 Å². The van der Waals surface area contributed by atoms with Crippen molar-refractivity contribution in [3.05, 3.63) is 81.4 Å². The van der Waals surface area contributed by atoms with E-state index in [1.807, 2.05) is 64.2 Å². The van der Waals surface area contributed by atoms with Crippen molar-refractivity contribution in [2.45, 2.75) is 136 Å². The second-order valence-electron chi connectivity index (χ2n) is 18.3. The third kappa shape index (κ3) is 10.7. The highest BCUT2D eigenvalue weighted by Crippen LogP contribution is 2.47. The molecule has 5 rings (SSSR count). The van der Waals surface area contributed by atoms with Crippen LogP contribution in [0.15, 0.2) is 53.6 Å². The monoisotopic (exact) mass is 829 g/mol. The van der Waals surface area contributed by atoms with E-state index in [0.29, 0.717) is 17.6 Å². The van der Waals surface area contributed by atoms with Gasteiger partial charge in [-0.2, -0.15) is 0 Å². The van der Waals surface area contributed by atoms with E-state index >= 15 is 4.79 Å². The first-order valence-corrected chi connectivity index (χ1v) is 23.8. The molecule has 1 N–H and O–H groups in total. The molecule has 1 atom stereocenters. The van der Waals surface area contributed by atoms with Crippen LogP contribution in [-0.4, -0.2) is 80.5 Å². The molecule has 2 aliphatic rings. The van der Waals surface area contributed by atoms with Gasteiger partial charge in [-0.25, -0.2) is 0 Å². The number of rotatable bonds is 19. The van der Waals surface area contributed by atoms with Crippen molar-refractivity contribution >= 4 is 42.5 Å². The molecule has 0 radical (unpaired) electrons. The van der Waals surface area contributed by atoms with E-state index in [-0.39, 0.29) is 82.9 Å². The van der Waals surface area contributed by atoms with Crippen molar-refractivity contribution in [1.29, 1.82) is 0 Å². The molecule has 0 saturated carbocycles. The average molecular weight is 830 g/mol. The Morgan fingerprint density at radius 3 is 2.22 bits per heavy atom. The van der Waals surface area contributed by atoms with Gasteiger partial charge in [0.2, 0.25) is 0 Å². The van der Waals surface area contributed by atoms with Crippen molar-refractivity contribution < 1.29 is 47.7 Å². The third-order valence-corrected chi connectivity index (χ3v) is 15.9. The molecule has 320 valence electrons. The molecule has 1 heterocycles. The van der Waals surface area contributed by atoms with Crippen LogP contribution in [0.5, 0.6) is 11.5 Å². The minimum Gasteiger partial charge on any atom is -0.506 e. The fourth-order valence-corrected chi connectivity index (χ4v) is 8.59. The molecule has 1 amide bonds. The molecule has 0 spiro atoms. The van der Waals surface area contributed by atoms with Gasteiger partial charge in [-0.05, 0) is 74.0 Å². The van der Waals surface area contributed by atoms with Crippen molar-refractivity contribution in [1.82, 2.24) is 4.90 Å². The van der Waals surface area contributed by atoms with E-state index < -0.39 is 43.3 Å². The molecule has 3 aromatic rings. The first-order chi connectivity index (χ1) is 27.8. The summed E-state index contributed by atoms with van der Waals surface area (Å²) < 4.78 is 30.6. The summed E-state index contributed by atoms with van der Waals surface area (Å²) in [5.41, 5.74) is 0.555. The minimum absolute atomic E-state index is 0.0201. The fourth-order valence-electron chi connectivity index (χ4n) is 7.33. The Balaban J connectivity index is 1.60. The summed E-state index contributed by atoms with van der Waals surface area (Å²) >= 11 is 0. The Morgan fingerprint density at radius 2 is 1.56 bits per heavy atom.